The van der Waals surface area contributed by atoms with Crippen LogP contribution < -0.4 is 5.30 Å². The van der Waals surface area contributed by atoms with E-state index in [0.29, 0.717) is 0 Å². The Morgan fingerprint density at radius 2 is 2.09 bits per heavy atom. The van der Waals surface area contributed by atoms with E-state index >= 15 is 0 Å². The van der Waals surface area contributed by atoms with Gasteiger partial charge < -0.3 is 4.89 Å². The Labute approximate surface area is 69.3 Å². The Morgan fingerprint density at radius 1 is 1.36 bits per heavy atom. The highest BCUT2D eigenvalue weighted by atomic mass is 31.1. The summed E-state index contributed by atoms with van der Waals surface area (Å²) in [6.07, 6.45) is 2.21. The Balaban J connectivity index is 2.83. The summed E-state index contributed by atoms with van der Waals surface area (Å²) in [5.41, 5.74) is 1.29. The van der Waals surface area contributed by atoms with Gasteiger partial charge in [0.05, 0.1) is 0 Å². The Kier molecular flexibility index (Phi) is 3.55. The lowest BCUT2D eigenvalue weighted by molar-refractivity contribution is 0.654. The summed E-state index contributed by atoms with van der Waals surface area (Å²) in [4.78, 5) is 8.97. The first-order valence-electron chi connectivity index (χ1n) is 3.86. The molecule has 11 heavy (non-hydrogen) atoms. The van der Waals surface area contributed by atoms with Crippen molar-refractivity contribution in [2.75, 3.05) is 0 Å². The second kappa shape index (κ2) is 4.48. The summed E-state index contributed by atoms with van der Waals surface area (Å²) in [5, 5.41) is 1.09. The van der Waals surface area contributed by atoms with E-state index in [1.165, 1.54) is 5.56 Å². The molecule has 2 heteroatoms. The highest BCUT2D eigenvalue weighted by molar-refractivity contribution is 7.41. The highest BCUT2D eigenvalue weighted by Crippen LogP contribution is 2.09. The molecule has 0 radical (unpaired) electrons. The molecule has 1 unspecified atom stereocenters. The molecule has 0 bridgehead atoms. The minimum Gasteiger partial charge on any atom is -0.372 e. The fourth-order valence-corrected chi connectivity index (χ4v) is 1.64. The number of benzene rings is 1. The fraction of sp³-hybridized carbons (Fsp3) is 0.333. The van der Waals surface area contributed by atoms with Gasteiger partial charge in [0.2, 0.25) is 0 Å². The van der Waals surface area contributed by atoms with Gasteiger partial charge in [-0.3, -0.25) is 0 Å². The van der Waals surface area contributed by atoms with Crippen molar-refractivity contribution in [3.63, 3.8) is 0 Å². The van der Waals surface area contributed by atoms with E-state index in [4.69, 9.17) is 4.89 Å². The van der Waals surface area contributed by atoms with Crippen molar-refractivity contribution in [3.8, 4) is 0 Å². The average Bonchev–Trinajstić information content (AvgIpc) is 2.06. The number of aryl methyl sites for hydroxylation is 1. The average molecular weight is 168 g/mol. The van der Waals surface area contributed by atoms with Gasteiger partial charge in [-0.1, -0.05) is 37.6 Å². The largest absolute Gasteiger partial charge is 0.372 e. The molecular weight excluding hydrogens is 155 g/mol. The molecule has 0 fully saturated rings. The summed E-state index contributed by atoms with van der Waals surface area (Å²) in [7, 11) is -0.0613. The van der Waals surface area contributed by atoms with E-state index in [1.807, 2.05) is 18.2 Å². The molecular formula is C9H13OP. The summed E-state index contributed by atoms with van der Waals surface area (Å²) in [5.74, 6) is 0. The maximum atomic E-state index is 8.97. The minimum absolute atomic E-state index is 0.0613. The molecule has 0 amide bonds. The maximum absolute atomic E-state index is 8.97. The molecule has 0 aromatic heterocycles. The third kappa shape index (κ3) is 2.28. The van der Waals surface area contributed by atoms with Gasteiger partial charge in [-0.25, -0.2) is 0 Å². The smallest absolute Gasteiger partial charge is 0.0422 e. The van der Waals surface area contributed by atoms with Crippen LogP contribution >= 0.6 is 8.81 Å². The molecule has 0 heterocycles. The van der Waals surface area contributed by atoms with Gasteiger partial charge in [-0.05, 0) is 12.0 Å². The first kappa shape index (κ1) is 8.70. The molecule has 0 aliphatic heterocycles. The first-order chi connectivity index (χ1) is 5.38. The van der Waals surface area contributed by atoms with Crippen molar-refractivity contribution in [1.29, 1.82) is 0 Å². The van der Waals surface area contributed by atoms with E-state index in [1.54, 1.807) is 0 Å². The van der Waals surface area contributed by atoms with Gasteiger partial charge in [-0.15, -0.1) is 0 Å². The fourth-order valence-electron chi connectivity index (χ4n) is 1.12. The van der Waals surface area contributed by atoms with Crippen LogP contribution in [0.1, 0.15) is 18.9 Å². The predicted octanol–water partition coefficient (Wildman–Crippen LogP) is 1.85. The van der Waals surface area contributed by atoms with Crippen molar-refractivity contribution >= 4 is 14.1 Å². The zero-order chi connectivity index (χ0) is 8.10. The quantitative estimate of drug-likeness (QED) is 0.683. The number of rotatable bonds is 3. The molecule has 1 atom stereocenters. The normalized spacial score (nSPS) is 11.1. The molecule has 1 aromatic carbocycles. The van der Waals surface area contributed by atoms with E-state index in [2.05, 4.69) is 13.0 Å². The summed E-state index contributed by atoms with van der Waals surface area (Å²) in [6, 6.07) is 8.07. The molecule has 0 aliphatic rings. The third-order valence-electron chi connectivity index (χ3n) is 1.66. The molecule has 1 N–H and O–H groups in total. The van der Waals surface area contributed by atoms with E-state index < -0.39 is 0 Å². The van der Waals surface area contributed by atoms with Crippen molar-refractivity contribution in [2.45, 2.75) is 19.8 Å². The molecule has 1 aromatic rings. The van der Waals surface area contributed by atoms with Crippen LogP contribution in [0.2, 0.25) is 0 Å². The highest BCUT2D eigenvalue weighted by Gasteiger charge is 1.97. The SMILES string of the molecule is CCCc1ccccc1PO. The monoisotopic (exact) mass is 168 g/mol. The molecule has 0 saturated carbocycles. The second-order valence-electron chi connectivity index (χ2n) is 2.52. The van der Waals surface area contributed by atoms with Gasteiger partial charge in [0.1, 0.15) is 0 Å². The number of hydrogen-bond donors (Lipinski definition) is 1. The molecule has 1 nitrogen and oxygen atoms in total. The zero-order valence-corrected chi connectivity index (χ0v) is 7.67. The predicted molar refractivity (Wildman–Crippen MR) is 50.6 cm³/mol. The Bertz CT molecular complexity index is 223. The summed E-state index contributed by atoms with van der Waals surface area (Å²) < 4.78 is 0. The molecule has 60 valence electrons. The molecule has 0 spiro atoms. The van der Waals surface area contributed by atoms with Gasteiger partial charge in [0, 0.05) is 14.1 Å². The lowest BCUT2D eigenvalue weighted by atomic mass is 10.1. The van der Waals surface area contributed by atoms with E-state index in [9.17, 15) is 0 Å². The van der Waals surface area contributed by atoms with E-state index in [-0.39, 0.29) is 8.81 Å². The van der Waals surface area contributed by atoms with Crippen LogP contribution in [-0.4, -0.2) is 4.89 Å². The molecule has 1 rings (SSSR count). The van der Waals surface area contributed by atoms with Crippen molar-refractivity contribution < 1.29 is 4.89 Å². The van der Waals surface area contributed by atoms with Crippen LogP contribution in [0.25, 0.3) is 0 Å². The topological polar surface area (TPSA) is 20.2 Å². The molecule has 0 aliphatic carbocycles. The zero-order valence-electron chi connectivity index (χ0n) is 6.67. The lowest BCUT2D eigenvalue weighted by Crippen LogP contribution is -2.02. The van der Waals surface area contributed by atoms with Gasteiger partial charge in [0.15, 0.2) is 0 Å². The lowest BCUT2D eigenvalue weighted by Gasteiger charge is -2.03. The summed E-state index contributed by atoms with van der Waals surface area (Å²) in [6.45, 7) is 2.15. The number of hydrogen-bond acceptors (Lipinski definition) is 1. The molecule has 0 saturated heterocycles. The van der Waals surface area contributed by atoms with Crippen molar-refractivity contribution in [2.24, 2.45) is 0 Å². The van der Waals surface area contributed by atoms with Crippen LogP contribution in [0.3, 0.4) is 0 Å². The van der Waals surface area contributed by atoms with Gasteiger partial charge in [0.25, 0.3) is 0 Å². The van der Waals surface area contributed by atoms with Crippen molar-refractivity contribution in [3.05, 3.63) is 29.8 Å². The van der Waals surface area contributed by atoms with E-state index in [0.717, 1.165) is 18.1 Å². The Hall–Kier alpha value is -0.390. The van der Waals surface area contributed by atoms with Crippen molar-refractivity contribution in [1.82, 2.24) is 0 Å². The Morgan fingerprint density at radius 3 is 2.73 bits per heavy atom. The first-order valence-corrected chi connectivity index (χ1v) is 4.81. The van der Waals surface area contributed by atoms with Gasteiger partial charge >= 0.3 is 0 Å². The van der Waals surface area contributed by atoms with Gasteiger partial charge in [-0.2, -0.15) is 0 Å². The summed E-state index contributed by atoms with van der Waals surface area (Å²) >= 11 is 0. The minimum atomic E-state index is -0.0613. The van der Waals surface area contributed by atoms with Crippen LogP contribution in [0.4, 0.5) is 0 Å². The van der Waals surface area contributed by atoms with Crippen LogP contribution in [-0.2, 0) is 6.42 Å². The third-order valence-corrected chi connectivity index (χ3v) is 2.39. The maximum Gasteiger partial charge on any atom is 0.0422 e. The second-order valence-corrected chi connectivity index (χ2v) is 3.28. The van der Waals surface area contributed by atoms with Crippen LogP contribution in [0.5, 0.6) is 0 Å². The standard InChI is InChI=1S/C9H13OP/c1-2-5-8-6-3-4-7-9(8)11-10/h3-4,6-7,10-11H,2,5H2,1H3. The van der Waals surface area contributed by atoms with Crippen LogP contribution in [0.15, 0.2) is 24.3 Å². The van der Waals surface area contributed by atoms with Crippen LogP contribution in [0, 0.1) is 0 Å².